The first-order chi connectivity index (χ1) is 10.9. The number of carbonyl (C=O) groups is 1. The van der Waals surface area contributed by atoms with Crippen LogP contribution in [0.1, 0.15) is 36.8 Å². The maximum atomic E-state index is 13.0. The van der Waals surface area contributed by atoms with Gasteiger partial charge in [-0.3, -0.25) is 4.79 Å². The molecule has 0 unspecified atom stereocenters. The second-order valence-corrected chi connectivity index (χ2v) is 6.15. The third-order valence-electron chi connectivity index (χ3n) is 4.39. The SMILES string of the molecule is O=C(O)CCN1CCC[C@@H](CCc2ccccc2C(F)(F)F)C1. The van der Waals surface area contributed by atoms with Crippen LogP contribution < -0.4 is 0 Å². The van der Waals surface area contributed by atoms with E-state index in [0.29, 0.717) is 30.9 Å². The molecule has 1 aromatic carbocycles. The van der Waals surface area contributed by atoms with Gasteiger partial charge in [0.25, 0.3) is 0 Å². The molecule has 3 nitrogen and oxygen atoms in total. The number of hydrogen-bond acceptors (Lipinski definition) is 2. The van der Waals surface area contributed by atoms with Gasteiger partial charge < -0.3 is 10.0 Å². The van der Waals surface area contributed by atoms with Crippen molar-refractivity contribution in [2.24, 2.45) is 5.92 Å². The van der Waals surface area contributed by atoms with E-state index in [9.17, 15) is 18.0 Å². The summed E-state index contributed by atoms with van der Waals surface area (Å²) in [6.45, 7) is 2.18. The van der Waals surface area contributed by atoms with Crippen molar-refractivity contribution in [3.05, 3.63) is 35.4 Å². The molecular formula is C17H22F3NO2. The predicted molar refractivity (Wildman–Crippen MR) is 81.2 cm³/mol. The summed E-state index contributed by atoms with van der Waals surface area (Å²) < 4.78 is 39.0. The third-order valence-corrected chi connectivity index (χ3v) is 4.39. The number of nitrogens with zero attached hydrogens (tertiary/aromatic N) is 1. The van der Waals surface area contributed by atoms with Crippen molar-refractivity contribution < 1.29 is 23.1 Å². The lowest BCUT2D eigenvalue weighted by molar-refractivity contribution is -0.138. The minimum Gasteiger partial charge on any atom is -0.481 e. The van der Waals surface area contributed by atoms with Crippen molar-refractivity contribution in [2.45, 2.75) is 38.3 Å². The molecule has 0 spiro atoms. The van der Waals surface area contributed by atoms with Crippen LogP contribution in [0.2, 0.25) is 0 Å². The lowest BCUT2D eigenvalue weighted by Crippen LogP contribution is -2.37. The van der Waals surface area contributed by atoms with Gasteiger partial charge in [-0.25, -0.2) is 0 Å². The molecule has 1 saturated heterocycles. The van der Waals surface area contributed by atoms with E-state index in [4.69, 9.17) is 5.11 Å². The molecule has 0 aliphatic carbocycles. The summed E-state index contributed by atoms with van der Waals surface area (Å²) in [6.07, 6.45) is -1.10. The van der Waals surface area contributed by atoms with Gasteiger partial charge >= 0.3 is 12.1 Å². The fourth-order valence-electron chi connectivity index (χ4n) is 3.22. The van der Waals surface area contributed by atoms with Crippen LogP contribution in [0.3, 0.4) is 0 Å². The zero-order valence-electron chi connectivity index (χ0n) is 13.0. The molecule has 0 saturated carbocycles. The van der Waals surface area contributed by atoms with Crippen LogP contribution in [-0.4, -0.2) is 35.6 Å². The van der Waals surface area contributed by atoms with E-state index >= 15 is 0 Å². The molecule has 1 aliphatic heterocycles. The van der Waals surface area contributed by atoms with Gasteiger partial charge in [-0.15, -0.1) is 0 Å². The summed E-state index contributed by atoms with van der Waals surface area (Å²) >= 11 is 0. The number of likely N-dealkylation sites (tertiary alicyclic amines) is 1. The van der Waals surface area contributed by atoms with Crippen LogP contribution in [0.15, 0.2) is 24.3 Å². The molecule has 6 heteroatoms. The molecule has 2 rings (SSSR count). The average molecular weight is 329 g/mol. The van der Waals surface area contributed by atoms with E-state index in [0.717, 1.165) is 32.0 Å². The number of aliphatic carboxylic acids is 1. The van der Waals surface area contributed by atoms with Crippen molar-refractivity contribution in [1.82, 2.24) is 4.90 Å². The lowest BCUT2D eigenvalue weighted by Gasteiger charge is -2.32. The molecule has 1 heterocycles. The number of piperidine rings is 1. The Bertz CT molecular complexity index is 531. The Morgan fingerprint density at radius 2 is 2.04 bits per heavy atom. The highest BCUT2D eigenvalue weighted by Gasteiger charge is 2.33. The molecule has 0 bridgehead atoms. The fraction of sp³-hybridized carbons (Fsp3) is 0.588. The Balaban J connectivity index is 1.90. The molecule has 1 aliphatic rings. The monoisotopic (exact) mass is 329 g/mol. The van der Waals surface area contributed by atoms with Gasteiger partial charge in [0.2, 0.25) is 0 Å². The van der Waals surface area contributed by atoms with E-state index < -0.39 is 17.7 Å². The second-order valence-electron chi connectivity index (χ2n) is 6.15. The highest BCUT2D eigenvalue weighted by Crippen LogP contribution is 2.33. The van der Waals surface area contributed by atoms with E-state index in [1.807, 2.05) is 0 Å². The molecule has 23 heavy (non-hydrogen) atoms. The molecule has 0 aromatic heterocycles. The summed E-state index contributed by atoms with van der Waals surface area (Å²) in [6, 6.07) is 5.74. The molecular weight excluding hydrogens is 307 g/mol. The normalized spacial score (nSPS) is 19.7. The van der Waals surface area contributed by atoms with Crippen LogP contribution >= 0.6 is 0 Å². The zero-order valence-corrected chi connectivity index (χ0v) is 13.0. The maximum absolute atomic E-state index is 13.0. The maximum Gasteiger partial charge on any atom is 0.416 e. The Morgan fingerprint density at radius 1 is 1.30 bits per heavy atom. The summed E-state index contributed by atoms with van der Waals surface area (Å²) in [5.41, 5.74) is -0.193. The number of hydrogen-bond donors (Lipinski definition) is 1. The van der Waals surface area contributed by atoms with Crippen LogP contribution in [-0.2, 0) is 17.4 Å². The average Bonchev–Trinajstić information content (AvgIpc) is 2.51. The van der Waals surface area contributed by atoms with E-state index in [1.54, 1.807) is 12.1 Å². The highest BCUT2D eigenvalue weighted by molar-refractivity contribution is 5.66. The highest BCUT2D eigenvalue weighted by atomic mass is 19.4. The van der Waals surface area contributed by atoms with Crippen molar-refractivity contribution >= 4 is 5.97 Å². The summed E-state index contributed by atoms with van der Waals surface area (Å²) in [4.78, 5) is 12.7. The van der Waals surface area contributed by atoms with Crippen molar-refractivity contribution in [3.8, 4) is 0 Å². The number of carboxylic acids is 1. The molecule has 128 valence electrons. The first-order valence-electron chi connectivity index (χ1n) is 7.95. The Morgan fingerprint density at radius 3 is 2.74 bits per heavy atom. The van der Waals surface area contributed by atoms with E-state index in [1.165, 1.54) is 6.07 Å². The first kappa shape index (κ1) is 17.8. The summed E-state index contributed by atoms with van der Waals surface area (Å²) in [7, 11) is 0. The molecule has 1 fully saturated rings. The quantitative estimate of drug-likeness (QED) is 0.862. The van der Waals surface area contributed by atoms with Crippen LogP contribution in [0.25, 0.3) is 0 Å². The Hall–Kier alpha value is -1.56. The summed E-state index contributed by atoms with van der Waals surface area (Å²) in [5, 5.41) is 8.74. The topological polar surface area (TPSA) is 40.5 Å². The van der Waals surface area contributed by atoms with Crippen molar-refractivity contribution in [2.75, 3.05) is 19.6 Å². The van der Waals surface area contributed by atoms with Crippen LogP contribution in [0.4, 0.5) is 13.2 Å². The van der Waals surface area contributed by atoms with Crippen LogP contribution in [0, 0.1) is 5.92 Å². The lowest BCUT2D eigenvalue weighted by atomic mass is 9.90. The first-order valence-corrected chi connectivity index (χ1v) is 7.95. The minimum atomic E-state index is -4.31. The fourth-order valence-corrected chi connectivity index (χ4v) is 3.22. The van der Waals surface area contributed by atoms with Crippen LogP contribution in [0.5, 0.6) is 0 Å². The Kier molecular flexibility index (Phi) is 6.04. The third kappa shape index (κ3) is 5.53. The summed E-state index contributed by atoms with van der Waals surface area (Å²) in [5.74, 6) is -0.481. The van der Waals surface area contributed by atoms with E-state index in [-0.39, 0.29) is 6.42 Å². The van der Waals surface area contributed by atoms with Gasteiger partial charge in [0.1, 0.15) is 0 Å². The van der Waals surface area contributed by atoms with Crippen molar-refractivity contribution in [3.63, 3.8) is 0 Å². The largest absolute Gasteiger partial charge is 0.481 e. The van der Waals surface area contributed by atoms with Crippen molar-refractivity contribution in [1.29, 1.82) is 0 Å². The van der Waals surface area contributed by atoms with Gasteiger partial charge in [-0.05, 0) is 49.8 Å². The minimum absolute atomic E-state index is 0.115. The number of halogens is 3. The van der Waals surface area contributed by atoms with Gasteiger partial charge in [0, 0.05) is 13.1 Å². The van der Waals surface area contributed by atoms with Gasteiger partial charge in [0.05, 0.1) is 12.0 Å². The number of carboxylic acid groups (broad SMARTS) is 1. The van der Waals surface area contributed by atoms with Gasteiger partial charge in [0.15, 0.2) is 0 Å². The molecule has 1 atom stereocenters. The molecule has 1 N–H and O–H groups in total. The zero-order chi connectivity index (χ0) is 16.9. The standard InChI is InChI=1S/C17H22F3NO2/c18-17(19,20)15-6-2-1-5-14(15)8-7-13-4-3-10-21(12-13)11-9-16(22)23/h1-2,5-6,13H,3-4,7-12H2,(H,22,23)/t13-/m0/s1. The smallest absolute Gasteiger partial charge is 0.416 e. The Labute approximate surface area is 134 Å². The predicted octanol–water partition coefficient (Wildman–Crippen LogP) is 3.82. The molecule has 0 amide bonds. The molecule has 1 aromatic rings. The van der Waals surface area contributed by atoms with E-state index in [2.05, 4.69) is 4.90 Å². The molecule has 0 radical (unpaired) electrons. The van der Waals surface area contributed by atoms with Gasteiger partial charge in [-0.2, -0.15) is 13.2 Å². The number of rotatable bonds is 6. The number of alkyl halides is 3. The second kappa shape index (κ2) is 7.81. The number of benzene rings is 1. The number of aryl methyl sites for hydroxylation is 1. The van der Waals surface area contributed by atoms with Gasteiger partial charge in [-0.1, -0.05) is 18.2 Å².